The quantitative estimate of drug-likeness (QED) is 0.619. The normalized spacial score (nSPS) is 13.0. The second-order valence-corrected chi connectivity index (χ2v) is 3.62. The molecule has 0 bridgehead atoms. The Morgan fingerprint density at radius 3 is 2.64 bits per heavy atom. The lowest BCUT2D eigenvalue weighted by molar-refractivity contribution is 0.608. The maximum Gasteiger partial charge on any atom is 0.0281 e. The maximum atomic E-state index is 4.03. The molecule has 0 spiro atoms. The van der Waals surface area contributed by atoms with Crippen molar-refractivity contribution in [2.75, 3.05) is 19.1 Å². The predicted octanol–water partition coefficient (Wildman–Crippen LogP) is 2.29. The molecule has 0 radical (unpaired) electrons. The summed E-state index contributed by atoms with van der Waals surface area (Å²) in [6.07, 6.45) is 4.42. The van der Waals surface area contributed by atoms with Gasteiger partial charge in [0.05, 0.1) is 0 Å². The molecule has 1 N–H and O–H groups in total. The number of likely N-dealkylation sites (N-methyl/N-ethyl adjacent to an activating group) is 1. The van der Waals surface area contributed by atoms with E-state index in [1.165, 1.54) is 17.7 Å². The Morgan fingerprint density at radius 2 is 2.27 bits per heavy atom. The zero-order valence-electron chi connectivity index (χ0n) is 7.81. The summed E-state index contributed by atoms with van der Waals surface area (Å²) >= 11 is 1.89. The first-order chi connectivity index (χ1) is 5.26. The Balaban J connectivity index is 3.65. The van der Waals surface area contributed by atoms with Crippen LogP contribution in [0, 0.1) is 0 Å². The second-order valence-electron chi connectivity index (χ2n) is 2.63. The summed E-state index contributed by atoms with van der Waals surface area (Å²) in [5, 5.41) is 3.27. The summed E-state index contributed by atoms with van der Waals surface area (Å²) in [5.74, 6) is 1.21. The monoisotopic (exact) mass is 173 g/mol. The van der Waals surface area contributed by atoms with Gasteiger partial charge in [-0.25, -0.2) is 0 Å². The van der Waals surface area contributed by atoms with Crippen molar-refractivity contribution in [3.05, 3.63) is 12.2 Å². The highest BCUT2D eigenvalue weighted by atomic mass is 32.2. The van der Waals surface area contributed by atoms with Crippen LogP contribution < -0.4 is 5.32 Å². The highest BCUT2D eigenvalue weighted by Crippen LogP contribution is 2.10. The zero-order chi connectivity index (χ0) is 8.69. The number of hydrogen-bond donors (Lipinski definition) is 1. The van der Waals surface area contributed by atoms with Crippen LogP contribution in [0.4, 0.5) is 0 Å². The van der Waals surface area contributed by atoms with Crippen molar-refractivity contribution in [1.29, 1.82) is 0 Å². The van der Waals surface area contributed by atoms with Crippen molar-refractivity contribution in [3.63, 3.8) is 0 Å². The molecule has 0 aliphatic carbocycles. The van der Waals surface area contributed by atoms with Crippen LogP contribution in [0.25, 0.3) is 0 Å². The first kappa shape index (κ1) is 11.1. The highest BCUT2D eigenvalue weighted by molar-refractivity contribution is 7.98. The molecule has 0 amide bonds. The Hall–Kier alpha value is 0.0500. The van der Waals surface area contributed by atoms with E-state index in [4.69, 9.17) is 0 Å². The molecule has 0 aromatic rings. The third-order valence-corrected chi connectivity index (χ3v) is 2.55. The van der Waals surface area contributed by atoms with Gasteiger partial charge in [0.15, 0.2) is 0 Å². The average Bonchev–Trinajstić information content (AvgIpc) is 2.05. The van der Waals surface area contributed by atoms with Gasteiger partial charge in [-0.15, -0.1) is 0 Å². The topological polar surface area (TPSA) is 12.0 Å². The number of thioether (sulfide) groups is 1. The molecule has 0 saturated heterocycles. The largest absolute Gasteiger partial charge is 0.313 e. The summed E-state index contributed by atoms with van der Waals surface area (Å²) in [5.41, 5.74) is 1.32. The van der Waals surface area contributed by atoms with Gasteiger partial charge in [0.1, 0.15) is 0 Å². The molecule has 0 fully saturated rings. The van der Waals surface area contributed by atoms with Crippen molar-refractivity contribution in [2.45, 2.75) is 25.8 Å². The molecule has 0 unspecified atom stereocenters. The van der Waals surface area contributed by atoms with Crippen LogP contribution in [0.5, 0.6) is 0 Å². The summed E-state index contributed by atoms with van der Waals surface area (Å²) in [6, 6.07) is 0.521. The summed E-state index contributed by atoms with van der Waals surface area (Å²) in [6.45, 7) is 6.18. The molecule has 0 heterocycles. The second kappa shape index (κ2) is 6.74. The number of hydrogen-bond acceptors (Lipinski definition) is 2. The molecule has 66 valence electrons. The lowest BCUT2D eigenvalue weighted by Crippen LogP contribution is -2.27. The fourth-order valence-corrected chi connectivity index (χ4v) is 1.51. The third-order valence-electron chi connectivity index (χ3n) is 1.91. The van der Waals surface area contributed by atoms with Crippen molar-refractivity contribution in [1.82, 2.24) is 5.32 Å². The van der Waals surface area contributed by atoms with Gasteiger partial charge >= 0.3 is 0 Å². The van der Waals surface area contributed by atoms with Crippen LogP contribution in [-0.4, -0.2) is 25.1 Å². The van der Waals surface area contributed by atoms with Crippen LogP contribution in [0.2, 0.25) is 0 Å². The van der Waals surface area contributed by atoms with Gasteiger partial charge in [-0.05, 0) is 31.9 Å². The molecule has 0 aliphatic rings. The van der Waals surface area contributed by atoms with Crippen molar-refractivity contribution >= 4 is 11.8 Å². The van der Waals surface area contributed by atoms with Crippen molar-refractivity contribution in [3.8, 4) is 0 Å². The van der Waals surface area contributed by atoms with E-state index in [2.05, 4.69) is 25.1 Å². The van der Waals surface area contributed by atoms with Crippen LogP contribution in [-0.2, 0) is 0 Å². The van der Waals surface area contributed by atoms with Crippen LogP contribution in [0.1, 0.15) is 19.8 Å². The molecule has 0 aromatic carbocycles. The zero-order valence-corrected chi connectivity index (χ0v) is 8.63. The van der Waals surface area contributed by atoms with E-state index >= 15 is 0 Å². The van der Waals surface area contributed by atoms with E-state index in [-0.39, 0.29) is 0 Å². The van der Waals surface area contributed by atoms with Gasteiger partial charge in [-0.1, -0.05) is 19.1 Å². The molecule has 0 saturated carbocycles. The Bertz CT molecular complexity index is 112. The molecule has 0 aliphatic heterocycles. The van der Waals surface area contributed by atoms with Gasteiger partial charge in [0.2, 0.25) is 0 Å². The third kappa shape index (κ3) is 4.49. The molecule has 1 atom stereocenters. The Morgan fingerprint density at radius 1 is 1.64 bits per heavy atom. The van der Waals surface area contributed by atoms with Gasteiger partial charge in [0.25, 0.3) is 0 Å². The number of nitrogens with one attached hydrogen (secondary N) is 1. The SMILES string of the molecule is C=C(CC)[C@H](CCSC)NC. The van der Waals surface area contributed by atoms with Crippen molar-refractivity contribution in [2.24, 2.45) is 0 Å². The van der Waals surface area contributed by atoms with Gasteiger partial charge in [-0.3, -0.25) is 0 Å². The molecule has 11 heavy (non-hydrogen) atoms. The lowest BCUT2D eigenvalue weighted by atomic mass is 10.0. The summed E-state index contributed by atoms with van der Waals surface area (Å²) in [4.78, 5) is 0. The standard InChI is InChI=1S/C9H19NS/c1-5-8(2)9(10-3)6-7-11-4/h9-10H,2,5-7H2,1,3-4H3/t9-/m0/s1. The van der Waals surface area contributed by atoms with E-state index in [1.807, 2.05) is 18.8 Å². The van der Waals surface area contributed by atoms with Gasteiger partial charge < -0.3 is 5.32 Å². The molecular formula is C9H19NS. The fraction of sp³-hybridized carbons (Fsp3) is 0.778. The molecular weight excluding hydrogens is 154 g/mol. The fourth-order valence-electron chi connectivity index (χ4n) is 1.03. The van der Waals surface area contributed by atoms with E-state index < -0.39 is 0 Å². The molecule has 0 rings (SSSR count). The average molecular weight is 173 g/mol. The highest BCUT2D eigenvalue weighted by Gasteiger charge is 2.06. The first-order valence-electron chi connectivity index (χ1n) is 4.10. The minimum atomic E-state index is 0.521. The Labute approximate surface area is 74.6 Å². The maximum absolute atomic E-state index is 4.03. The summed E-state index contributed by atoms with van der Waals surface area (Å²) in [7, 11) is 2.01. The molecule has 2 heteroatoms. The molecule has 0 aromatic heterocycles. The predicted molar refractivity (Wildman–Crippen MR) is 55.3 cm³/mol. The number of rotatable bonds is 6. The van der Waals surface area contributed by atoms with E-state index in [0.29, 0.717) is 6.04 Å². The minimum Gasteiger partial charge on any atom is -0.313 e. The van der Waals surface area contributed by atoms with Gasteiger partial charge in [0, 0.05) is 6.04 Å². The van der Waals surface area contributed by atoms with E-state index in [0.717, 1.165) is 6.42 Å². The van der Waals surface area contributed by atoms with Crippen molar-refractivity contribution < 1.29 is 0 Å². The van der Waals surface area contributed by atoms with Crippen LogP contribution >= 0.6 is 11.8 Å². The van der Waals surface area contributed by atoms with Crippen LogP contribution in [0.3, 0.4) is 0 Å². The summed E-state index contributed by atoms with van der Waals surface area (Å²) < 4.78 is 0. The molecule has 1 nitrogen and oxygen atoms in total. The minimum absolute atomic E-state index is 0.521. The van der Waals surface area contributed by atoms with Crippen LogP contribution in [0.15, 0.2) is 12.2 Å². The smallest absolute Gasteiger partial charge is 0.0281 e. The first-order valence-corrected chi connectivity index (χ1v) is 5.49. The van der Waals surface area contributed by atoms with E-state index in [1.54, 1.807) is 0 Å². The van der Waals surface area contributed by atoms with E-state index in [9.17, 15) is 0 Å². The lowest BCUT2D eigenvalue weighted by Gasteiger charge is -2.16. The van der Waals surface area contributed by atoms with Gasteiger partial charge in [-0.2, -0.15) is 11.8 Å². The Kier molecular flexibility index (Phi) is 6.77.